The lowest BCUT2D eigenvalue weighted by molar-refractivity contribution is 0.240. The van der Waals surface area contributed by atoms with Crippen LogP contribution in [-0.2, 0) is 12.1 Å². The first-order valence-corrected chi connectivity index (χ1v) is 7.08. The number of hydrogen-bond donors (Lipinski definition) is 1. The fourth-order valence-electron chi connectivity index (χ4n) is 2.58. The second-order valence-corrected chi connectivity index (χ2v) is 5.34. The summed E-state index contributed by atoms with van der Waals surface area (Å²) in [5.41, 5.74) is 5.86. The summed E-state index contributed by atoms with van der Waals surface area (Å²) in [6.45, 7) is 0.218. The largest absolute Gasteiger partial charge is 0.497 e. The predicted molar refractivity (Wildman–Crippen MR) is 76.0 cm³/mol. The lowest BCUT2D eigenvalue weighted by atomic mass is 9.99. The van der Waals surface area contributed by atoms with Crippen molar-refractivity contribution in [3.05, 3.63) is 36.0 Å². The molecule has 0 spiro atoms. The molecule has 0 amide bonds. The summed E-state index contributed by atoms with van der Waals surface area (Å²) in [7, 11) is 1.62. The summed E-state index contributed by atoms with van der Waals surface area (Å²) in [6.07, 6.45) is 4.03. The first-order valence-electron chi connectivity index (χ1n) is 7.08. The van der Waals surface area contributed by atoms with E-state index in [1.54, 1.807) is 13.2 Å². The van der Waals surface area contributed by atoms with Crippen molar-refractivity contribution in [2.24, 2.45) is 5.73 Å². The first kappa shape index (κ1) is 13.9. The van der Waals surface area contributed by atoms with E-state index in [1.165, 1.54) is 0 Å². The molecule has 112 valence electrons. The number of aromatic nitrogens is 2. The SMILES string of the molecule is COc1cccc(OCc2nc(C3(N)CCCC3)no2)c1. The molecule has 1 heterocycles. The fraction of sp³-hybridized carbons (Fsp3) is 0.467. The molecule has 6 nitrogen and oxygen atoms in total. The van der Waals surface area contributed by atoms with Gasteiger partial charge in [0.15, 0.2) is 12.4 Å². The molecule has 0 atom stereocenters. The van der Waals surface area contributed by atoms with Gasteiger partial charge in [0.2, 0.25) is 0 Å². The Hall–Kier alpha value is -2.08. The van der Waals surface area contributed by atoms with Gasteiger partial charge in [-0.25, -0.2) is 0 Å². The quantitative estimate of drug-likeness (QED) is 0.910. The average molecular weight is 289 g/mol. The summed E-state index contributed by atoms with van der Waals surface area (Å²) < 4.78 is 16.0. The van der Waals surface area contributed by atoms with Gasteiger partial charge in [-0.2, -0.15) is 4.98 Å². The maximum Gasteiger partial charge on any atom is 0.264 e. The highest BCUT2D eigenvalue weighted by Crippen LogP contribution is 2.34. The molecular weight excluding hydrogens is 270 g/mol. The van der Waals surface area contributed by atoms with Crippen molar-refractivity contribution in [1.82, 2.24) is 10.1 Å². The predicted octanol–water partition coefficient (Wildman–Crippen LogP) is 2.39. The molecule has 0 bridgehead atoms. The van der Waals surface area contributed by atoms with Crippen LogP contribution >= 0.6 is 0 Å². The Labute approximate surface area is 123 Å². The topological polar surface area (TPSA) is 83.4 Å². The molecule has 2 aromatic rings. The highest BCUT2D eigenvalue weighted by atomic mass is 16.5. The minimum Gasteiger partial charge on any atom is -0.497 e. The van der Waals surface area contributed by atoms with Gasteiger partial charge in [0.25, 0.3) is 5.89 Å². The molecule has 0 unspecified atom stereocenters. The maximum absolute atomic E-state index is 6.30. The van der Waals surface area contributed by atoms with E-state index in [1.807, 2.05) is 18.2 Å². The Balaban J connectivity index is 1.64. The van der Waals surface area contributed by atoms with Crippen molar-refractivity contribution in [3.8, 4) is 11.5 Å². The summed E-state index contributed by atoms with van der Waals surface area (Å²) >= 11 is 0. The third-order valence-corrected chi connectivity index (χ3v) is 3.81. The van der Waals surface area contributed by atoms with Gasteiger partial charge in [-0.1, -0.05) is 24.1 Å². The molecule has 3 rings (SSSR count). The number of rotatable bonds is 5. The number of hydrogen-bond acceptors (Lipinski definition) is 6. The van der Waals surface area contributed by atoms with E-state index in [-0.39, 0.29) is 6.61 Å². The van der Waals surface area contributed by atoms with Gasteiger partial charge in [-0.15, -0.1) is 0 Å². The molecule has 1 aliphatic rings. The van der Waals surface area contributed by atoms with E-state index in [0.29, 0.717) is 17.5 Å². The Kier molecular flexibility index (Phi) is 3.79. The van der Waals surface area contributed by atoms with Gasteiger partial charge in [0.05, 0.1) is 12.6 Å². The molecule has 1 aromatic heterocycles. The van der Waals surface area contributed by atoms with Gasteiger partial charge in [0, 0.05) is 6.07 Å². The van der Waals surface area contributed by atoms with Crippen molar-refractivity contribution >= 4 is 0 Å². The second kappa shape index (κ2) is 5.73. The van der Waals surface area contributed by atoms with Crippen LogP contribution < -0.4 is 15.2 Å². The smallest absolute Gasteiger partial charge is 0.264 e. The van der Waals surface area contributed by atoms with Crippen molar-refractivity contribution in [2.45, 2.75) is 37.8 Å². The molecule has 6 heteroatoms. The molecular formula is C15H19N3O3. The number of ether oxygens (including phenoxy) is 2. The van der Waals surface area contributed by atoms with Crippen LogP contribution in [0.5, 0.6) is 11.5 Å². The lowest BCUT2D eigenvalue weighted by Crippen LogP contribution is -2.34. The van der Waals surface area contributed by atoms with Crippen LogP contribution in [0.3, 0.4) is 0 Å². The average Bonchev–Trinajstić information content (AvgIpc) is 3.15. The third-order valence-electron chi connectivity index (χ3n) is 3.81. The molecule has 0 radical (unpaired) electrons. The van der Waals surface area contributed by atoms with Crippen LogP contribution in [0, 0.1) is 0 Å². The van der Waals surface area contributed by atoms with Crippen LogP contribution in [0.1, 0.15) is 37.4 Å². The summed E-state index contributed by atoms with van der Waals surface area (Å²) in [6, 6.07) is 7.37. The molecule has 0 aliphatic heterocycles. The number of benzene rings is 1. The normalized spacial score (nSPS) is 16.9. The molecule has 21 heavy (non-hydrogen) atoms. The fourth-order valence-corrected chi connectivity index (χ4v) is 2.58. The van der Waals surface area contributed by atoms with Crippen molar-refractivity contribution < 1.29 is 14.0 Å². The van der Waals surface area contributed by atoms with E-state index < -0.39 is 5.54 Å². The van der Waals surface area contributed by atoms with Crippen molar-refractivity contribution in [3.63, 3.8) is 0 Å². The van der Waals surface area contributed by atoms with Crippen LogP contribution in [0.25, 0.3) is 0 Å². The molecule has 1 fully saturated rings. The molecule has 1 saturated carbocycles. The monoisotopic (exact) mass is 289 g/mol. The van der Waals surface area contributed by atoms with Crippen LogP contribution in [0.2, 0.25) is 0 Å². The lowest BCUT2D eigenvalue weighted by Gasteiger charge is -2.17. The Bertz CT molecular complexity index is 606. The summed E-state index contributed by atoms with van der Waals surface area (Å²) in [5.74, 6) is 2.46. The molecule has 0 saturated heterocycles. The highest BCUT2D eigenvalue weighted by Gasteiger charge is 2.35. The summed E-state index contributed by atoms with van der Waals surface area (Å²) in [5, 5.41) is 4.00. The second-order valence-electron chi connectivity index (χ2n) is 5.34. The standard InChI is InChI=1S/C15H19N3O3/c1-19-11-5-4-6-12(9-11)20-10-13-17-14(18-21-13)15(16)7-2-3-8-15/h4-6,9H,2-3,7-8,10,16H2,1H3. The third kappa shape index (κ3) is 3.00. The minimum absolute atomic E-state index is 0.218. The minimum atomic E-state index is -0.433. The van der Waals surface area contributed by atoms with E-state index in [9.17, 15) is 0 Å². The number of nitrogens with zero attached hydrogens (tertiary/aromatic N) is 2. The zero-order valence-corrected chi connectivity index (χ0v) is 12.0. The Morgan fingerprint density at radius 1 is 1.29 bits per heavy atom. The number of nitrogens with two attached hydrogens (primary N) is 1. The van der Waals surface area contributed by atoms with Gasteiger partial charge < -0.3 is 19.7 Å². The van der Waals surface area contributed by atoms with Crippen LogP contribution in [-0.4, -0.2) is 17.3 Å². The number of methoxy groups -OCH3 is 1. The Morgan fingerprint density at radius 2 is 2.05 bits per heavy atom. The van der Waals surface area contributed by atoms with Gasteiger partial charge in [-0.3, -0.25) is 0 Å². The molecule has 1 aromatic carbocycles. The van der Waals surface area contributed by atoms with Gasteiger partial charge >= 0.3 is 0 Å². The van der Waals surface area contributed by atoms with E-state index in [2.05, 4.69) is 10.1 Å². The summed E-state index contributed by atoms with van der Waals surface area (Å²) in [4.78, 5) is 4.36. The van der Waals surface area contributed by atoms with Gasteiger partial charge in [0.1, 0.15) is 11.5 Å². The maximum atomic E-state index is 6.30. The molecule has 1 aliphatic carbocycles. The first-order chi connectivity index (χ1) is 10.2. The zero-order chi connectivity index (χ0) is 14.7. The van der Waals surface area contributed by atoms with Crippen molar-refractivity contribution in [1.29, 1.82) is 0 Å². The molecule has 2 N–H and O–H groups in total. The van der Waals surface area contributed by atoms with Crippen LogP contribution in [0.4, 0.5) is 0 Å². The highest BCUT2D eigenvalue weighted by molar-refractivity contribution is 5.32. The van der Waals surface area contributed by atoms with Gasteiger partial charge in [-0.05, 0) is 25.0 Å². The van der Waals surface area contributed by atoms with E-state index >= 15 is 0 Å². The van der Waals surface area contributed by atoms with Crippen molar-refractivity contribution in [2.75, 3.05) is 7.11 Å². The zero-order valence-electron chi connectivity index (χ0n) is 12.0. The van der Waals surface area contributed by atoms with E-state index in [4.69, 9.17) is 19.7 Å². The van der Waals surface area contributed by atoms with Crippen LogP contribution in [0.15, 0.2) is 28.8 Å². The Morgan fingerprint density at radius 3 is 2.81 bits per heavy atom. The van der Waals surface area contributed by atoms with E-state index in [0.717, 1.165) is 31.4 Å².